The summed E-state index contributed by atoms with van der Waals surface area (Å²) in [6, 6.07) is 1.93. The summed E-state index contributed by atoms with van der Waals surface area (Å²) in [7, 11) is 0. The first-order valence-corrected chi connectivity index (χ1v) is 7.43. The summed E-state index contributed by atoms with van der Waals surface area (Å²) in [5.74, 6) is 0.869. The molecule has 0 aliphatic carbocycles. The third-order valence-corrected chi connectivity index (χ3v) is 4.31. The minimum Gasteiger partial charge on any atom is -0.384 e. The molecule has 3 N–H and O–H groups in total. The monoisotopic (exact) mass is 293 g/mol. The van der Waals surface area contributed by atoms with Crippen LogP contribution in [0.25, 0.3) is 0 Å². The Balaban J connectivity index is 2.40. The van der Waals surface area contributed by atoms with Crippen molar-refractivity contribution in [2.75, 3.05) is 0 Å². The molecule has 0 radical (unpaired) electrons. The number of hydrogen-bond acceptors (Lipinski definition) is 6. The minimum atomic E-state index is 0.0349. The highest BCUT2D eigenvalue weighted by atomic mass is 32.2. The van der Waals surface area contributed by atoms with E-state index in [0.29, 0.717) is 5.56 Å². The molecule has 0 amide bonds. The summed E-state index contributed by atoms with van der Waals surface area (Å²) in [6.45, 7) is 5.89. The highest BCUT2D eigenvalue weighted by molar-refractivity contribution is 8.01. The van der Waals surface area contributed by atoms with Gasteiger partial charge in [0.2, 0.25) is 0 Å². The lowest BCUT2D eigenvalue weighted by atomic mass is 10.1. The van der Waals surface area contributed by atoms with Crippen molar-refractivity contribution in [1.82, 2.24) is 14.3 Å². The fourth-order valence-electron chi connectivity index (χ4n) is 1.71. The fourth-order valence-corrected chi connectivity index (χ4v) is 3.59. The predicted molar refractivity (Wildman–Crippen MR) is 78.1 cm³/mol. The van der Waals surface area contributed by atoms with Gasteiger partial charge in [-0.3, -0.25) is 5.41 Å². The molecule has 7 heteroatoms. The van der Waals surface area contributed by atoms with Crippen molar-refractivity contribution in [3.8, 4) is 0 Å². The molecule has 0 aliphatic rings. The van der Waals surface area contributed by atoms with E-state index < -0.39 is 0 Å². The number of aryl methyl sites for hydroxylation is 3. The number of nitrogens with one attached hydrogen (secondary N) is 1. The van der Waals surface area contributed by atoms with Crippen LogP contribution in [0.15, 0.2) is 15.4 Å². The number of nitrogen functional groups attached to an aromatic ring is 1. The van der Waals surface area contributed by atoms with Gasteiger partial charge in [-0.2, -0.15) is 4.37 Å². The van der Waals surface area contributed by atoms with Gasteiger partial charge in [0.05, 0.1) is 5.56 Å². The summed E-state index contributed by atoms with van der Waals surface area (Å²) < 4.78 is 5.08. The van der Waals surface area contributed by atoms with Crippen molar-refractivity contribution < 1.29 is 0 Å². The smallest absolute Gasteiger partial charge is 0.176 e. The Kier molecular flexibility index (Phi) is 4.16. The summed E-state index contributed by atoms with van der Waals surface area (Å²) in [5.41, 5.74) is 8.20. The molecule has 2 rings (SSSR count). The third kappa shape index (κ3) is 3.10. The van der Waals surface area contributed by atoms with Gasteiger partial charge in [0.15, 0.2) is 4.34 Å². The highest BCUT2D eigenvalue weighted by Gasteiger charge is 2.15. The van der Waals surface area contributed by atoms with Crippen LogP contribution >= 0.6 is 23.3 Å². The molecule has 0 saturated heterocycles. The number of pyridine rings is 1. The molecule has 0 aliphatic heterocycles. The van der Waals surface area contributed by atoms with Crippen LogP contribution in [0.3, 0.4) is 0 Å². The molecule has 0 unspecified atom stereocenters. The van der Waals surface area contributed by atoms with E-state index in [1.807, 2.05) is 26.8 Å². The first-order valence-electron chi connectivity index (χ1n) is 5.84. The van der Waals surface area contributed by atoms with Gasteiger partial charge in [-0.15, -0.1) is 0 Å². The largest absolute Gasteiger partial charge is 0.384 e. The van der Waals surface area contributed by atoms with Gasteiger partial charge >= 0.3 is 0 Å². The Hall–Kier alpha value is -1.47. The minimum absolute atomic E-state index is 0.0349. The van der Waals surface area contributed by atoms with Crippen LogP contribution in [-0.4, -0.2) is 20.2 Å². The van der Waals surface area contributed by atoms with Crippen molar-refractivity contribution in [3.05, 3.63) is 28.7 Å². The van der Waals surface area contributed by atoms with Gasteiger partial charge < -0.3 is 5.73 Å². The van der Waals surface area contributed by atoms with E-state index in [2.05, 4.69) is 14.3 Å². The first kappa shape index (κ1) is 14.0. The van der Waals surface area contributed by atoms with Crippen molar-refractivity contribution in [3.63, 3.8) is 0 Å². The topological polar surface area (TPSA) is 88.5 Å². The molecular weight excluding hydrogens is 278 g/mol. The van der Waals surface area contributed by atoms with Crippen LogP contribution in [0.4, 0.5) is 0 Å². The van der Waals surface area contributed by atoms with Crippen molar-refractivity contribution in [1.29, 1.82) is 5.41 Å². The second-order valence-electron chi connectivity index (χ2n) is 4.11. The number of nitrogens with two attached hydrogens (primary N) is 1. The number of aromatic nitrogens is 3. The lowest BCUT2D eigenvalue weighted by Crippen LogP contribution is -2.15. The van der Waals surface area contributed by atoms with E-state index in [1.54, 1.807) is 0 Å². The van der Waals surface area contributed by atoms with Gasteiger partial charge in [0, 0.05) is 12.1 Å². The highest BCUT2D eigenvalue weighted by Crippen LogP contribution is 2.31. The molecule has 0 atom stereocenters. The Labute approximate surface area is 120 Å². The number of amidine groups is 1. The van der Waals surface area contributed by atoms with E-state index in [4.69, 9.17) is 11.1 Å². The molecule has 100 valence electrons. The number of rotatable bonds is 4. The molecular formula is C12H15N5S2. The van der Waals surface area contributed by atoms with E-state index >= 15 is 0 Å². The van der Waals surface area contributed by atoms with E-state index in [9.17, 15) is 0 Å². The summed E-state index contributed by atoms with van der Waals surface area (Å²) >= 11 is 2.77. The van der Waals surface area contributed by atoms with Gasteiger partial charge in [0.25, 0.3) is 0 Å². The lowest BCUT2D eigenvalue weighted by Gasteiger charge is -2.09. The average Bonchev–Trinajstić information content (AvgIpc) is 2.75. The molecule has 5 nitrogen and oxygen atoms in total. The summed E-state index contributed by atoms with van der Waals surface area (Å²) in [4.78, 5) is 8.87. The van der Waals surface area contributed by atoms with Gasteiger partial charge in [-0.05, 0) is 48.8 Å². The van der Waals surface area contributed by atoms with Crippen LogP contribution < -0.4 is 5.73 Å². The quantitative estimate of drug-likeness (QED) is 0.668. The van der Waals surface area contributed by atoms with Gasteiger partial charge in [0.1, 0.15) is 16.7 Å². The van der Waals surface area contributed by atoms with E-state index in [0.717, 1.165) is 32.9 Å². The van der Waals surface area contributed by atoms with Crippen molar-refractivity contribution in [2.45, 2.75) is 36.6 Å². The van der Waals surface area contributed by atoms with E-state index in [1.165, 1.54) is 23.3 Å². The second-order valence-corrected chi connectivity index (χ2v) is 6.09. The number of nitrogens with zero attached hydrogens (tertiary/aromatic N) is 3. The van der Waals surface area contributed by atoms with Crippen LogP contribution in [0.5, 0.6) is 0 Å². The fraction of sp³-hybridized carbons (Fsp3) is 0.333. The zero-order valence-corrected chi connectivity index (χ0v) is 12.7. The summed E-state index contributed by atoms with van der Waals surface area (Å²) in [5, 5.41) is 8.41. The average molecular weight is 293 g/mol. The predicted octanol–water partition coefficient (Wildman–Crippen LogP) is 2.55. The molecule has 0 fully saturated rings. The van der Waals surface area contributed by atoms with Gasteiger partial charge in [-0.25, -0.2) is 9.97 Å². The Morgan fingerprint density at radius 3 is 2.74 bits per heavy atom. The first-order chi connectivity index (χ1) is 9.01. The van der Waals surface area contributed by atoms with E-state index in [-0.39, 0.29) is 5.84 Å². The second kappa shape index (κ2) is 5.66. The molecule has 2 heterocycles. The standard InChI is InChI=1S/C12H15N5S2/c1-4-8-16-12(19-17-8)18-11-9(10(13)14)6(2)5-7(3)15-11/h5H,4H2,1-3H3,(H3,13,14). The maximum Gasteiger partial charge on any atom is 0.176 e. The van der Waals surface area contributed by atoms with Crippen molar-refractivity contribution in [2.24, 2.45) is 5.73 Å². The Bertz CT molecular complexity index is 621. The normalized spacial score (nSPS) is 10.7. The van der Waals surface area contributed by atoms with Crippen LogP contribution in [0.1, 0.15) is 29.6 Å². The SMILES string of the molecule is CCc1nsc(Sc2nc(C)cc(C)c2C(=N)N)n1. The lowest BCUT2D eigenvalue weighted by molar-refractivity contribution is 0.968. The van der Waals surface area contributed by atoms with Crippen molar-refractivity contribution >= 4 is 29.1 Å². The maximum absolute atomic E-state index is 7.69. The van der Waals surface area contributed by atoms with Crippen LogP contribution in [-0.2, 0) is 6.42 Å². The summed E-state index contributed by atoms with van der Waals surface area (Å²) in [6.07, 6.45) is 0.816. The Morgan fingerprint density at radius 2 is 2.16 bits per heavy atom. The third-order valence-electron chi connectivity index (χ3n) is 2.53. The van der Waals surface area contributed by atoms with Crippen LogP contribution in [0.2, 0.25) is 0 Å². The number of hydrogen-bond donors (Lipinski definition) is 2. The molecule has 0 bridgehead atoms. The Morgan fingerprint density at radius 1 is 1.42 bits per heavy atom. The zero-order valence-electron chi connectivity index (χ0n) is 11.0. The van der Waals surface area contributed by atoms with Crippen LogP contribution in [0, 0.1) is 19.3 Å². The molecule has 2 aromatic rings. The molecule has 19 heavy (non-hydrogen) atoms. The molecule has 0 spiro atoms. The molecule has 2 aromatic heterocycles. The van der Waals surface area contributed by atoms with Gasteiger partial charge in [-0.1, -0.05) is 6.92 Å². The maximum atomic E-state index is 7.69. The molecule has 0 saturated carbocycles. The zero-order chi connectivity index (χ0) is 14.0. The molecule has 0 aromatic carbocycles.